The number of rotatable bonds is 5. The molecule has 0 N–H and O–H groups in total. The summed E-state index contributed by atoms with van der Waals surface area (Å²) in [6, 6.07) is 17.7. The van der Waals surface area contributed by atoms with Crippen LogP contribution >= 0.6 is 0 Å². The van der Waals surface area contributed by atoms with E-state index in [1.807, 2.05) is 68.4 Å². The summed E-state index contributed by atoms with van der Waals surface area (Å²) in [5.74, 6) is 1.40. The van der Waals surface area contributed by atoms with Crippen LogP contribution in [0, 0.1) is 0 Å². The molecule has 1 amide bonds. The number of benzene rings is 3. The second-order valence-electron chi connectivity index (χ2n) is 6.15. The molecule has 0 aromatic heterocycles. The van der Waals surface area contributed by atoms with Crippen molar-refractivity contribution in [3.05, 3.63) is 65.7 Å². The first-order chi connectivity index (χ1) is 12.8. The van der Waals surface area contributed by atoms with Crippen molar-refractivity contribution in [2.24, 2.45) is 0 Å². The van der Waals surface area contributed by atoms with E-state index < -0.39 is 0 Å². The third kappa shape index (κ3) is 2.49. The van der Waals surface area contributed by atoms with Crippen molar-refractivity contribution in [2.75, 3.05) is 18.1 Å². The van der Waals surface area contributed by atoms with Crippen LogP contribution in [0.25, 0.3) is 10.8 Å². The van der Waals surface area contributed by atoms with E-state index in [-0.39, 0.29) is 5.91 Å². The second-order valence-corrected chi connectivity index (χ2v) is 6.15. The number of hydrogen-bond donors (Lipinski definition) is 0. The largest absolute Gasteiger partial charge is 0.493 e. The van der Waals surface area contributed by atoms with Gasteiger partial charge in [0.2, 0.25) is 0 Å². The Morgan fingerprint density at radius 2 is 1.42 bits per heavy atom. The highest BCUT2D eigenvalue weighted by Gasteiger charge is 2.36. The predicted octanol–water partition coefficient (Wildman–Crippen LogP) is 4.80. The van der Waals surface area contributed by atoms with E-state index >= 15 is 0 Å². The Labute approximate surface area is 153 Å². The van der Waals surface area contributed by atoms with Gasteiger partial charge in [-0.2, -0.15) is 0 Å². The molecule has 26 heavy (non-hydrogen) atoms. The van der Waals surface area contributed by atoms with Gasteiger partial charge >= 0.3 is 0 Å². The Balaban J connectivity index is 1.98. The molecule has 1 aliphatic rings. The molecule has 0 saturated heterocycles. The first-order valence-corrected chi connectivity index (χ1v) is 8.96. The molecule has 0 aliphatic carbocycles. The maximum absolute atomic E-state index is 13.3. The van der Waals surface area contributed by atoms with Gasteiger partial charge in [-0.1, -0.05) is 42.5 Å². The molecule has 3 aromatic carbocycles. The Hall–Kier alpha value is -3.01. The predicted molar refractivity (Wildman–Crippen MR) is 103 cm³/mol. The standard InChI is InChI=1S/C22H21NO3/c1-3-25-20-16-12-8-9-13-17(16)21(26-4-2)19-18(20)14-23(22(19)24)15-10-6-5-7-11-15/h5-13H,3-4,14H2,1-2H3. The van der Waals surface area contributed by atoms with E-state index in [4.69, 9.17) is 9.47 Å². The van der Waals surface area contributed by atoms with Crippen molar-refractivity contribution in [3.63, 3.8) is 0 Å². The van der Waals surface area contributed by atoms with E-state index in [1.165, 1.54) is 0 Å². The molecular formula is C22H21NO3. The molecule has 1 aliphatic heterocycles. The number of amides is 1. The molecule has 1 heterocycles. The quantitative estimate of drug-likeness (QED) is 0.665. The Morgan fingerprint density at radius 3 is 2.08 bits per heavy atom. The van der Waals surface area contributed by atoms with E-state index in [9.17, 15) is 4.79 Å². The van der Waals surface area contributed by atoms with Crippen LogP contribution in [0.15, 0.2) is 54.6 Å². The zero-order valence-corrected chi connectivity index (χ0v) is 15.0. The fourth-order valence-electron chi connectivity index (χ4n) is 3.59. The molecule has 0 bridgehead atoms. The summed E-state index contributed by atoms with van der Waals surface area (Å²) in [6.45, 7) is 5.43. The highest BCUT2D eigenvalue weighted by Crippen LogP contribution is 2.45. The molecule has 4 nitrogen and oxygen atoms in total. The molecule has 3 aromatic rings. The van der Waals surface area contributed by atoms with Crippen molar-refractivity contribution in [1.29, 1.82) is 0 Å². The molecule has 0 fully saturated rings. The molecule has 4 heteroatoms. The van der Waals surface area contributed by atoms with Crippen molar-refractivity contribution >= 4 is 22.4 Å². The van der Waals surface area contributed by atoms with Gasteiger partial charge in [0.1, 0.15) is 11.5 Å². The number of carbonyl (C=O) groups is 1. The Bertz CT molecular complexity index is 966. The summed E-state index contributed by atoms with van der Waals surface area (Å²) >= 11 is 0. The minimum absolute atomic E-state index is 0.0404. The van der Waals surface area contributed by atoms with Crippen molar-refractivity contribution in [2.45, 2.75) is 20.4 Å². The summed E-state index contributed by atoms with van der Waals surface area (Å²) in [5.41, 5.74) is 2.41. The summed E-state index contributed by atoms with van der Waals surface area (Å²) in [4.78, 5) is 15.1. The average Bonchev–Trinajstić information content (AvgIpc) is 3.02. The Morgan fingerprint density at radius 1 is 0.846 bits per heavy atom. The number of nitrogens with zero attached hydrogens (tertiary/aromatic N) is 1. The van der Waals surface area contributed by atoms with Crippen molar-refractivity contribution in [1.82, 2.24) is 0 Å². The molecule has 4 rings (SSSR count). The van der Waals surface area contributed by atoms with E-state index in [2.05, 4.69) is 0 Å². The summed E-state index contributed by atoms with van der Waals surface area (Å²) in [6.07, 6.45) is 0. The summed E-state index contributed by atoms with van der Waals surface area (Å²) < 4.78 is 11.9. The average molecular weight is 347 g/mol. The zero-order valence-electron chi connectivity index (χ0n) is 15.0. The van der Waals surface area contributed by atoms with Gasteiger partial charge in [-0.15, -0.1) is 0 Å². The van der Waals surface area contributed by atoms with Gasteiger partial charge in [-0.25, -0.2) is 0 Å². The van der Waals surface area contributed by atoms with Crippen LogP contribution in [-0.4, -0.2) is 19.1 Å². The first-order valence-electron chi connectivity index (χ1n) is 8.96. The maximum Gasteiger partial charge on any atom is 0.262 e. The topological polar surface area (TPSA) is 38.8 Å². The van der Waals surface area contributed by atoms with Crippen LogP contribution in [0.5, 0.6) is 11.5 Å². The SMILES string of the molecule is CCOc1c2c(c(OCC)c3ccccc13)C(=O)N(c1ccccc1)C2. The smallest absolute Gasteiger partial charge is 0.262 e. The van der Waals surface area contributed by atoms with Crippen molar-refractivity contribution < 1.29 is 14.3 Å². The minimum atomic E-state index is -0.0404. The van der Waals surface area contributed by atoms with Gasteiger partial charge in [-0.3, -0.25) is 4.79 Å². The highest BCUT2D eigenvalue weighted by atomic mass is 16.5. The third-order valence-corrected chi connectivity index (χ3v) is 4.64. The normalized spacial score (nSPS) is 13.2. The van der Waals surface area contributed by atoms with Gasteiger partial charge in [0.05, 0.1) is 25.3 Å². The molecule has 0 unspecified atom stereocenters. The van der Waals surface area contributed by atoms with Gasteiger partial charge in [-0.05, 0) is 26.0 Å². The lowest BCUT2D eigenvalue weighted by molar-refractivity contribution is 0.0993. The molecule has 0 spiro atoms. The first kappa shape index (κ1) is 16.5. The van der Waals surface area contributed by atoms with Crippen LogP contribution in [-0.2, 0) is 6.54 Å². The van der Waals surface area contributed by atoms with Crippen LogP contribution in [0.2, 0.25) is 0 Å². The van der Waals surface area contributed by atoms with Gasteiger partial charge in [0.25, 0.3) is 5.91 Å². The van der Waals surface area contributed by atoms with Gasteiger partial charge in [0.15, 0.2) is 0 Å². The monoisotopic (exact) mass is 347 g/mol. The zero-order chi connectivity index (χ0) is 18.1. The molecule has 132 valence electrons. The van der Waals surface area contributed by atoms with E-state index in [0.717, 1.165) is 27.8 Å². The Kier molecular flexibility index (Phi) is 4.25. The number of anilines is 1. The second kappa shape index (κ2) is 6.71. The van der Waals surface area contributed by atoms with E-state index in [0.29, 0.717) is 31.1 Å². The van der Waals surface area contributed by atoms with Gasteiger partial charge < -0.3 is 14.4 Å². The fourth-order valence-corrected chi connectivity index (χ4v) is 3.59. The number of carbonyl (C=O) groups excluding carboxylic acids is 1. The summed E-state index contributed by atoms with van der Waals surface area (Å²) in [5, 5.41) is 1.90. The highest BCUT2D eigenvalue weighted by molar-refractivity contribution is 6.16. The van der Waals surface area contributed by atoms with Crippen LogP contribution in [0.1, 0.15) is 29.8 Å². The maximum atomic E-state index is 13.3. The molecule has 0 atom stereocenters. The van der Waals surface area contributed by atoms with Crippen LogP contribution < -0.4 is 14.4 Å². The van der Waals surface area contributed by atoms with Crippen molar-refractivity contribution in [3.8, 4) is 11.5 Å². The fraction of sp³-hybridized carbons (Fsp3) is 0.227. The number of ether oxygens (including phenoxy) is 2. The molecule has 0 saturated carbocycles. The third-order valence-electron chi connectivity index (χ3n) is 4.64. The molecular weight excluding hydrogens is 326 g/mol. The lowest BCUT2D eigenvalue weighted by atomic mass is 9.99. The number of fused-ring (bicyclic) bond motifs is 2. The lowest BCUT2D eigenvalue weighted by Gasteiger charge is -2.16. The minimum Gasteiger partial charge on any atom is -0.493 e. The lowest BCUT2D eigenvalue weighted by Crippen LogP contribution is -2.23. The van der Waals surface area contributed by atoms with Crippen LogP contribution in [0.3, 0.4) is 0 Å². The summed E-state index contributed by atoms with van der Waals surface area (Å²) in [7, 11) is 0. The number of para-hydroxylation sites is 1. The van der Waals surface area contributed by atoms with Crippen LogP contribution in [0.4, 0.5) is 5.69 Å². The van der Waals surface area contributed by atoms with Gasteiger partial charge in [0, 0.05) is 22.0 Å². The molecule has 0 radical (unpaired) electrons. The number of hydrogen-bond acceptors (Lipinski definition) is 3. The van der Waals surface area contributed by atoms with E-state index in [1.54, 1.807) is 4.90 Å².